The molecule has 0 saturated heterocycles. The zero-order valence-corrected chi connectivity index (χ0v) is 13.1. The molecule has 3 aromatic rings. The molecule has 0 amide bonds. The predicted octanol–water partition coefficient (Wildman–Crippen LogP) is 1.91. The fraction of sp³-hybridized carbons (Fsp3) is 0.312. The van der Waals surface area contributed by atoms with E-state index in [-0.39, 0.29) is 5.95 Å². The smallest absolute Gasteiger partial charge is 0.222 e. The van der Waals surface area contributed by atoms with E-state index in [1.807, 2.05) is 30.5 Å². The summed E-state index contributed by atoms with van der Waals surface area (Å²) in [5, 5.41) is 3.32. The molecule has 0 aliphatic carbocycles. The van der Waals surface area contributed by atoms with Crippen molar-refractivity contribution < 1.29 is 4.74 Å². The van der Waals surface area contributed by atoms with Gasteiger partial charge in [-0.2, -0.15) is 4.98 Å². The predicted molar refractivity (Wildman–Crippen MR) is 90.3 cm³/mol. The molecule has 3 rings (SSSR count). The Morgan fingerprint density at radius 2 is 2.17 bits per heavy atom. The zero-order chi connectivity index (χ0) is 16.1. The number of nitrogens with two attached hydrogens (primary N) is 1. The first-order valence-electron chi connectivity index (χ1n) is 7.53. The van der Waals surface area contributed by atoms with Crippen molar-refractivity contribution in [3.63, 3.8) is 0 Å². The van der Waals surface area contributed by atoms with E-state index >= 15 is 0 Å². The molecule has 3 N–H and O–H groups in total. The minimum atomic E-state index is 0.266. The van der Waals surface area contributed by atoms with Gasteiger partial charge in [0.1, 0.15) is 5.52 Å². The van der Waals surface area contributed by atoms with Crippen molar-refractivity contribution in [1.29, 1.82) is 0 Å². The average molecular weight is 312 g/mol. The summed E-state index contributed by atoms with van der Waals surface area (Å²) in [5.41, 5.74) is 8.54. The molecule has 0 spiro atoms. The van der Waals surface area contributed by atoms with Gasteiger partial charge in [0.15, 0.2) is 5.82 Å². The first-order chi connectivity index (χ1) is 11.3. The number of pyridine rings is 1. The molecular formula is C16H20N6O. The lowest BCUT2D eigenvalue weighted by molar-refractivity contribution is 0.198. The van der Waals surface area contributed by atoms with E-state index in [0.717, 1.165) is 35.5 Å². The van der Waals surface area contributed by atoms with Crippen LogP contribution < -0.4 is 11.1 Å². The highest BCUT2D eigenvalue weighted by molar-refractivity contribution is 5.87. The lowest BCUT2D eigenvalue weighted by Gasteiger charge is -2.11. The van der Waals surface area contributed by atoms with E-state index in [9.17, 15) is 0 Å². The van der Waals surface area contributed by atoms with E-state index in [4.69, 9.17) is 10.5 Å². The van der Waals surface area contributed by atoms with Gasteiger partial charge >= 0.3 is 0 Å². The zero-order valence-electron chi connectivity index (χ0n) is 13.1. The molecule has 0 aromatic carbocycles. The van der Waals surface area contributed by atoms with Crippen LogP contribution in [0.2, 0.25) is 0 Å². The van der Waals surface area contributed by atoms with Gasteiger partial charge in [-0.25, -0.2) is 4.98 Å². The van der Waals surface area contributed by atoms with Crippen molar-refractivity contribution >= 4 is 22.8 Å². The largest absolute Gasteiger partial charge is 0.385 e. The molecule has 7 nitrogen and oxygen atoms in total. The summed E-state index contributed by atoms with van der Waals surface area (Å²) in [7, 11) is 1.69. The van der Waals surface area contributed by atoms with Crippen LogP contribution in [0.4, 0.5) is 11.8 Å². The summed E-state index contributed by atoms with van der Waals surface area (Å²) in [6.45, 7) is 2.12. The van der Waals surface area contributed by atoms with Crippen LogP contribution in [0.3, 0.4) is 0 Å². The maximum Gasteiger partial charge on any atom is 0.222 e. The summed E-state index contributed by atoms with van der Waals surface area (Å²) in [5.74, 6) is 1.01. The minimum absolute atomic E-state index is 0.266. The topological polar surface area (TPSA) is 90.9 Å². The number of aromatic nitrogens is 4. The van der Waals surface area contributed by atoms with E-state index in [1.54, 1.807) is 13.3 Å². The van der Waals surface area contributed by atoms with Gasteiger partial charge in [0.2, 0.25) is 5.95 Å². The number of rotatable bonds is 7. The third kappa shape index (κ3) is 3.57. The van der Waals surface area contributed by atoms with Gasteiger partial charge in [0.25, 0.3) is 0 Å². The third-order valence-electron chi connectivity index (χ3n) is 3.50. The molecule has 23 heavy (non-hydrogen) atoms. The maximum absolute atomic E-state index is 5.81. The van der Waals surface area contributed by atoms with E-state index in [2.05, 4.69) is 24.8 Å². The SMILES string of the molecule is COCCCNc1nc(N)nc2ccn(Cc3ccccn3)c12. The fourth-order valence-corrected chi connectivity index (χ4v) is 2.47. The van der Waals surface area contributed by atoms with Crippen LogP contribution in [0.1, 0.15) is 12.1 Å². The summed E-state index contributed by atoms with van der Waals surface area (Å²) in [6.07, 6.45) is 4.66. The number of ether oxygens (including phenoxy) is 1. The number of fused-ring (bicyclic) bond motifs is 1. The molecule has 7 heteroatoms. The lowest BCUT2D eigenvalue weighted by Crippen LogP contribution is -2.10. The van der Waals surface area contributed by atoms with E-state index < -0.39 is 0 Å². The average Bonchev–Trinajstić information content (AvgIpc) is 2.95. The number of methoxy groups -OCH3 is 1. The Morgan fingerprint density at radius 3 is 2.96 bits per heavy atom. The van der Waals surface area contributed by atoms with Gasteiger partial charge in [0, 0.05) is 32.7 Å². The minimum Gasteiger partial charge on any atom is -0.385 e. The highest BCUT2D eigenvalue weighted by Gasteiger charge is 2.11. The summed E-state index contributed by atoms with van der Waals surface area (Å²) >= 11 is 0. The number of hydrogen-bond donors (Lipinski definition) is 2. The van der Waals surface area contributed by atoms with Crippen LogP contribution >= 0.6 is 0 Å². The molecule has 0 bridgehead atoms. The molecule has 0 saturated carbocycles. The van der Waals surface area contributed by atoms with Gasteiger partial charge < -0.3 is 20.4 Å². The third-order valence-corrected chi connectivity index (χ3v) is 3.50. The molecule has 3 heterocycles. The summed E-state index contributed by atoms with van der Waals surface area (Å²) < 4.78 is 7.15. The Morgan fingerprint density at radius 1 is 1.26 bits per heavy atom. The highest BCUT2D eigenvalue weighted by atomic mass is 16.5. The summed E-state index contributed by atoms with van der Waals surface area (Å²) in [6, 6.07) is 7.82. The molecular weight excluding hydrogens is 292 g/mol. The quantitative estimate of drug-likeness (QED) is 0.648. The Labute approximate surface area is 134 Å². The van der Waals surface area contributed by atoms with Crippen LogP contribution in [0.25, 0.3) is 11.0 Å². The van der Waals surface area contributed by atoms with Crippen molar-refractivity contribution in [2.75, 3.05) is 31.3 Å². The normalized spacial score (nSPS) is 11.0. The van der Waals surface area contributed by atoms with Gasteiger partial charge in [-0.3, -0.25) is 4.98 Å². The van der Waals surface area contributed by atoms with Gasteiger partial charge in [-0.15, -0.1) is 0 Å². The first-order valence-corrected chi connectivity index (χ1v) is 7.53. The van der Waals surface area contributed by atoms with E-state index in [1.165, 1.54) is 0 Å². The van der Waals surface area contributed by atoms with Crippen LogP contribution in [-0.4, -0.2) is 39.8 Å². The van der Waals surface area contributed by atoms with Crippen molar-refractivity contribution in [3.8, 4) is 0 Å². The Kier molecular flexibility index (Phi) is 4.68. The molecule has 0 aliphatic heterocycles. The van der Waals surface area contributed by atoms with Crippen LogP contribution in [0, 0.1) is 0 Å². The molecule has 120 valence electrons. The Balaban J connectivity index is 1.89. The second-order valence-corrected chi connectivity index (χ2v) is 5.20. The van der Waals surface area contributed by atoms with Crippen LogP contribution in [0.15, 0.2) is 36.7 Å². The molecule has 0 fully saturated rings. The van der Waals surface area contributed by atoms with Crippen molar-refractivity contribution in [3.05, 3.63) is 42.4 Å². The molecule has 0 radical (unpaired) electrons. The molecule has 0 atom stereocenters. The lowest BCUT2D eigenvalue weighted by atomic mass is 10.3. The second-order valence-electron chi connectivity index (χ2n) is 5.20. The number of nitrogen functional groups attached to an aromatic ring is 1. The second kappa shape index (κ2) is 7.06. The molecule has 3 aromatic heterocycles. The van der Waals surface area contributed by atoms with Crippen molar-refractivity contribution in [2.45, 2.75) is 13.0 Å². The number of anilines is 2. The first kappa shape index (κ1) is 15.2. The number of hydrogen-bond acceptors (Lipinski definition) is 6. The Hall–Kier alpha value is -2.67. The number of nitrogens with zero attached hydrogens (tertiary/aromatic N) is 4. The fourth-order valence-electron chi connectivity index (χ4n) is 2.47. The number of nitrogens with one attached hydrogen (secondary N) is 1. The van der Waals surface area contributed by atoms with Gasteiger partial charge in [0.05, 0.1) is 17.8 Å². The molecule has 0 aliphatic rings. The standard InChI is InChI=1S/C16H20N6O/c1-23-10-4-8-19-15-14-13(20-16(17)21-15)6-9-22(14)11-12-5-2-3-7-18-12/h2-3,5-7,9H,4,8,10-11H2,1H3,(H3,17,19,20,21). The van der Waals surface area contributed by atoms with Gasteiger partial charge in [-0.1, -0.05) is 6.07 Å². The highest BCUT2D eigenvalue weighted by Crippen LogP contribution is 2.23. The summed E-state index contributed by atoms with van der Waals surface area (Å²) in [4.78, 5) is 13.0. The Bertz CT molecular complexity index is 771. The maximum atomic E-state index is 5.81. The van der Waals surface area contributed by atoms with Crippen LogP contribution in [-0.2, 0) is 11.3 Å². The van der Waals surface area contributed by atoms with Crippen LogP contribution in [0.5, 0.6) is 0 Å². The monoisotopic (exact) mass is 312 g/mol. The van der Waals surface area contributed by atoms with E-state index in [0.29, 0.717) is 13.2 Å². The van der Waals surface area contributed by atoms with Gasteiger partial charge in [-0.05, 0) is 24.6 Å². The molecule has 0 unspecified atom stereocenters. The van der Waals surface area contributed by atoms with Crippen molar-refractivity contribution in [1.82, 2.24) is 19.5 Å². The van der Waals surface area contributed by atoms with Crippen molar-refractivity contribution in [2.24, 2.45) is 0 Å².